The molecule has 1 aromatic carbocycles. The van der Waals surface area contributed by atoms with Crippen LogP contribution in [0.3, 0.4) is 0 Å². The van der Waals surface area contributed by atoms with E-state index in [0.29, 0.717) is 31.9 Å². The van der Waals surface area contributed by atoms with Crippen molar-refractivity contribution in [3.8, 4) is 5.75 Å². The van der Waals surface area contributed by atoms with Crippen molar-refractivity contribution in [3.05, 3.63) is 48.0 Å². The molecule has 1 heterocycles. The van der Waals surface area contributed by atoms with Crippen molar-refractivity contribution in [1.82, 2.24) is 14.9 Å². The van der Waals surface area contributed by atoms with Gasteiger partial charge >= 0.3 is 0 Å². The number of rotatable bonds is 8. The van der Waals surface area contributed by atoms with Crippen molar-refractivity contribution in [3.63, 3.8) is 0 Å². The minimum atomic E-state index is -0.123. The molecule has 118 valence electrons. The lowest BCUT2D eigenvalue weighted by Crippen LogP contribution is -2.24. The highest BCUT2D eigenvalue weighted by Crippen LogP contribution is 2.12. The van der Waals surface area contributed by atoms with Crippen molar-refractivity contribution in [2.45, 2.75) is 20.0 Å². The highest BCUT2D eigenvalue weighted by atomic mass is 16.5. The number of hydrogen-bond donors (Lipinski definition) is 1. The molecule has 6 nitrogen and oxygen atoms in total. The number of aromatic nitrogens is 2. The van der Waals surface area contributed by atoms with E-state index >= 15 is 0 Å². The van der Waals surface area contributed by atoms with E-state index in [-0.39, 0.29) is 5.91 Å². The first-order chi connectivity index (χ1) is 10.7. The third kappa shape index (κ3) is 4.33. The first-order valence-corrected chi connectivity index (χ1v) is 7.23. The number of amides is 1. The maximum atomic E-state index is 12.1. The Morgan fingerprint density at radius 2 is 2.09 bits per heavy atom. The predicted molar refractivity (Wildman–Crippen MR) is 82.9 cm³/mol. The topological polar surface area (TPSA) is 65.4 Å². The van der Waals surface area contributed by atoms with E-state index in [9.17, 15) is 4.79 Å². The molecule has 0 aliphatic heterocycles. The van der Waals surface area contributed by atoms with Crippen LogP contribution in [0, 0.1) is 0 Å². The second-order valence-electron chi connectivity index (χ2n) is 4.71. The zero-order valence-corrected chi connectivity index (χ0v) is 12.9. The Morgan fingerprint density at radius 3 is 2.77 bits per heavy atom. The minimum absolute atomic E-state index is 0.123. The monoisotopic (exact) mass is 303 g/mol. The average molecular weight is 303 g/mol. The molecule has 0 aliphatic rings. The molecule has 22 heavy (non-hydrogen) atoms. The van der Waals surface area contributed by atoms with Gasteiger partial charge in [0.25, 0.3) is 5.91 Å². The van der Waals surface area contributed by atoms with Gasteiger partial charge in [-0.1, -0.05) is 0 Å². The quantitative estimate of drug-likeness (QED) is 0.808. The highest BCUT2D eigenvalue weighted by molar-refractivity contribution is 5.94. The zero-order chi connectivity index (χ0) is 15.8. The van der Waals surface area contributed by atoms with Crippen LogP contribution in [0.5, 0.6) is 5.75 Å². The summed E-state index contributed by atoms with van der Waals surface area (Å²) in [4.78, 5) is 16.2. The van der Waals surface area contributed by atoms with E-state index < -0.39 is 0 Å². The van der Waals surface area contributed by atoms with Gasteiger partial charge < -0.3 is 19.4 Å². The van der Waals surface area contributed by atoms with Crippen LogP contribution in [0.1, 0.15) is 23.0 Å². The summed E-state index contributed by atoms with van der Waals surface area (Å²) in [6.45, 7) is 4.28. The summed E-state index contributed by atoms with van der Waals surface area (Å²) < 4.78 is 12.4. The van der Waals surface area contributed by atoms with Gasteiger partial charge in [-0.25, -0.2) is 4.98 Å². The van der Waals surface area contributed by atoms with E-state index in [0.717, 1.165) is 11.4 Å². The zero-order valence-electron chi connectivity index (χ0n) is 12.9. The van der Waals surface area contributed by atoms with Gasteiger partial charge in [0.1, 0.15) is 5.75 Å². The summed E-state index contributed by atoms with van der Waals surface area (Å²) >= 11 is 0. The van der Waals surface area contributed by atoms with E-state index in [2.05, 4.69) is 10.3 Å². The van der Waals surface area contributed by atoms with Crippen LogP contribution < -0.4 is 10.1 Å². The lowest BCUT2D eigenvalue weighted by molar-refractivity contribution is 0.0950. The normalized spacial score (nSPS) is 10.5. The summed E-state index contributed by atoms with van der Waals surface area (Å²) in [6.07, 6.45) is 3.48. The minimum Gasteiger partial charge on any atom is -0.494 e. The Hall–Kier alpha value is -2.34. The Balaban J connectivity index is 1.91. The van der Waals surface area contributed by atoms with Crippen molar-refractivity contribution < 1.29 is 14.3 Å². The van der Waals surface area contributed by atoms with Gasteiger partial charge in [-0.3, -0.25) is 4.79 Å². The maximum absolute atomic E-state index is 12.1. The molecule has 2 rings (SSSR count). The number of hydrogen-bond acceptors (Lipinski definition) is 4. The number of benzene rings is 1. The van der Waals surface area contributed by atoms with Gasteiger partial charge in [0.2, 0.25) is 0 Å². The van der Waals surface area contributed by atoms with E-state index in [1.54, 1.807) is 43.9 Å². The standard InChI is InChI=1S/C16H21N3O3/c1-3-22-15-6-4-13(5-7-15)16(20)18-11-14-10-17-12-19(14)8-9-21-2/h4-7,10,12H,3,8-9,11H2,1-2H3,(H,18,20). The van der Waals surface area contributed by atoms with Crippen molar-refractivity contribution in [2.75, 3.05) is 20.3 Å². The van der Waals surface area contributed by atoms with E-state index in [1.165, 1.54) is 0 Å². The Morgan fingerprint density at radius 1 is 1.32 bits per heavy atom. The number of carbonyl (C=O) groups excluding carboxylic acids is 1. The van der Waals surface area contributed by atoms with Gasteiger partial charge in [-0.05, 0) is 31.2 Å². The molecule has 2 aromatic rings. The fraction of sp³-hybridized carbons (Fsp3) is 0.375. The van der Waals surface area contributed by atoms with Crippen LogP contribution in [-0.4, -0.2) is 35.8 Å². The van der Waals surface area contributed by atoms with E-state index in [4.69, 9.17) is 9.47 Å². The molecule has 0 radical (unpaired) electrons. The summed E-state index contributed by atoms with van der Waals surface area (Å²) in [5.74, 6) is 0.638. The Bertz CT molecular complexity index is 593. The largest absolute Gasteiger partial charge is 0.494 e. The van der Waals surface area contributed by atoms with E-state index in [1.807, 2.05) is 11.5 Å². The first kappa shape index (κ1) is 16.0. The number of imidazole rings is 1. The molecule has 0 bridgehead atoms. The highest BCUT2D eigenvalue weighted by Gasteiger charge is 2.07. The van der Waals surface area contributed by atoms with Crippen LogP contribution in [0.2, 0.25) is 0 Å². The molecule has 0 saturated carbocycles. The molecular weight excluding hydrogens is 282 g/mol. The van der Waals surface area contributed by atoms with Gasteiger partial charge in [-0.15, -0.1) is 0 Å². The fourth-order valence-electron chi connectivity index (χ4n) is 2.03. The number of methoxy groups -OCH3 is 1. The predicted octanol–water partition coefficient (Wildman–Crippen LogP) is 1.86. The molecule has 0 fully saturated rings. The van der Waals surface area contributed by atoms with Crippen LogP contribution in [0.25, 0.3) is 0 Å². The van der Waals surface area contributed by atoms with Crippen molar-refractivity contribution >= 4 is 5.91 Å². The van der Waals surface area contributed by atoms with Crippen LogP contribution in [0.15, 0.2) is 36.8 Å². The number of nitrogens with zero attached hydrogens (tertiary/aromatic N) is 2. The van der Waals surface area contributed by atoms with Crippen molar-refractivity contribution in [2.24, 2.45) is 0 Å². The SMILES string of the molecule is CCOc1ccc(C(=O)NCc2cncn2CCOC)cc1. The molecular formula is C16H21N3O3. The Kier molecular flexibility index (Phi) is 5.97. The summed E-state index contributed by atoms with van der Waals surface area (Å²) in [7, 11) is 1.66. The number of nitrogens with one attached hydrogen (secondary N) is 1. The lowest BCUT2D eigenvalue weighted by atomic mass is 10.2. The molecule has 0 aliphatic carbocycles. The maximum Gasteiger partial charge on any atom is 0.251 e. The molecule has 0 saturated heterocycles. The molecule has 0 spiro atoms. The third-order valence-corrected chi connectivity index (χ3v) is 3.19. The number of ether oxygens (including phenoxy) is 2. The van der Waals surface area contributed by atoms with Gasteiger partial charge in [-0.2, -0.15) is 0 Å². The summed E-state index contributed by atoms with van der Waals surface area (Å²) in [5.41, 5.74) is 1.54. The molecule has 0 atom stereocenters. The summed E-state index contributed by atoms with van der Waals surface area (Å²) in [5, 5.41) is 2.89. The number of carbonyl (C=O) groups is 1. The molecule has 1 N–H and O–H groups in total. The van der Waals surface area contributed by atoms with Gasteiger partial charge in [0.15, 0.2) is 0 Å². The molecule has 0 unspecified atom stereocenters. The fourth-order valence-corrected chi connectivity index (χ4v) is 2.03. The second-order valence-corrected chi connectivity index (χ2v) is 4.71. The van der Waals surface area contributed by atoms with Crippen LogP contribution in [0.4, 0.5) is 0 Å². The third-order valence-electron chi connectivity index (χ3n) is 3.19. The van der Waals surface area contributed by atoms with Gasteiger partial charge in [0, 0.05) is 25.4 Å². The molecule has 1 amide bonds. The van der Waals surface area contributed by atoms with Crippen LogP contribution in [-0.2, 0) is 17.8 Å². The molecule has 1 aromatic heterocycles. The second kappa shape index (κ2) is 8.19. The first-order valence-electron chi connectivity index (χ1n) is 7.23. The summed E-state index contributed by atoms with van der Waals surface area (Å²) in [6, 6.07) is 7.09. The Labute approximate surface area is 130 Å². The van der Waals surface area contributed by atoms with Crippen molar-refractivity contribution in [1.29, 1.82) is 0 Å². The molecule has 6 heteroatoms. The van der Waals surface area contributed by atoms with Gasteiger partial charge in [0.05, 0.1) is 31.8 Å². The average Bonchev–Trinajstić information content (AvgIpc) is 2.99. The smallest absolute Gasteiger partial charge is 0.251 e. The lowest BCUT2D eigenvalue weighted by Gasteiger charge is -2.09. The van der Waals surface area contributed by atoms with Crippen LogP contribution >= 0.6 is 0 Å².